The van der Waals surface area contributed by atoms with Crippen LogP contribution in [0.2, 0.25) is 0 Å². The number of para-hydroxylation sites is 1. The first kappa shape index (κ1) is 24.3. The highest BCUT2D eigenvalue weighted by Crippen LogP contribution is 2.25. The average molecular weight is 488 g/mol. The minimum absolute atomic E-state index is 0.0436. The van der Waals surface area contributed by atoms with E-state index in [-0.39, 0.29) is 5.91 Å². The largest absolute Gasteiger partial charge is 0.497 e. The van der Waals surface area contributed by atoms with Crippen LogP contribution in [-0.4, -0.2) is 33.5 Å². The third-order valence-electron chi connectivity index (χ3n) is 5.45. The molecule has 1 heterocycles. The highest BCUT2D eigenvalue weighted by molar-refractivity contribution is 7.99. The highest BCUT2D eigenvalue weighted by Gasteiger charge is 2.15. The number of ether oxygens (including phenoxy) is 1. The molecule has 0 fully saturated rings. The molecule has 7 nitrogen and oxygen atoms in total. The normalized spacial score (nSPS) is 10.7. The maximum atomic E-state index is 12.5. The van der Waals surface area contributed by atoms with E-state index in [9.17, 15) is 4.79 Å². The summed E-state index contributed by atoms with van der Waals surface area (Å²) in [5.41, 5.74) is 4.96. The molecule has 2 N–H and O–H groups in total. The number of thioether (sulfide) groups is 1. The van der Waals surface area contributed by atoms with E-state index < -0.39 is 0 Å². The van der Waals surface area contributed by atoms with Gasteiger partial charge in [-0.3, -0.25) is 9.36 Å². The minimum atomic E-state index is -0.0436. The minimum Gasteiger partial charge on any atom is -0.497 e. The van der Waals surface area contributed by atoms with Crippen molar-refractivity contribution in [2.24, 2.45) is 0 Å². The molecular weight excluding hydrogens is 458 g/mol. The molecule has 0 bridgehead atoms. The molecule has 0 aliphatic carbocycles. The summed E-state index contributed by atoms with van der Waals surface area (Å²) in [6.07, 6.45) is 0.356. The molecule has 8 heteroatoms. The fourth-order valence-corrected chi connectivity index (χ4v) is 4.54. The maximum Gasteiger partial charge on any atom is 0.225 e. The topological polar surface area (TPSA) is 81.1 Å². The number of anilines is 2. The number of benzene rings is 3. The van der Waals surface area contributed by atoms with Crippen molar-refractivity contribution in [3.8, 4) is 11.4 Å². The van der Waals surface area contributed by atoms with Gasteiger partial charge in [-0.2, -0.15) is 0 Å². The van der Waals surface area contributed by atoms with E-state index in [0.717, 1.165) is 39.4 Å². The summed E-state index contributed by atoms with van der Waals surface area (Å²) in [4.78, 5) is 12.5. The van der Waals surface area contributed by atoms with Gasteiger partial charge >= 0.3 is 0 Å². The predicted octanol–water partition coefficient (Wildman–Crippen LogP) is 5.63. The zero-order valence-corrected chi connectivity index (χ0v) is 20.9. The quantitative estimate of drug-likeness (QED) is 0.282. The molecule has 4 aromatic rings. The molecular formula is C27H29N5O2S. The van der Waals surface area contributed by atoms with Crippen molar-refractivity contribution in [1.29, 1.82) is 0 Å². The summed E-state index contributed by atoms with van der Waals surface area (Å²) < 4.78 is 7.27. The van der Waals surface area contributed by atoms with Gasteiger partial charge in [0, 0.05) is 29.2 Å². The number of amides is 1. The first-order valence-corrected chi connectivity index (χ1v) is 12.4. The van der Waals surface area contributed by atoms with Crippen LogP contribution < -0.4 is 15.4 Å². The number of aromatic nitrogens is 3. The van der Waals surface area contributed by atoms with Gasteiger partial charge in [0.1, 0.15) is 5.75 Å². The molecule has 0 aliphatic heterocycles. The van der Waals surface area contributed by atoms with Crippen molar-refractivity contribution in [2.75, 3.05) is 23.5 Å². The molecule has 35 heavy (non-hydrogen) atoms. The molecule has 1 aromatic heterocycles. The lowest BCUT2D eigenvalue weighted by atomic mass is 10.2. The van der Waals surface area contributed by atoms with Gasteiger partial charge in [-0.25, -0.2) is 0 Å². The van der Waals surface area contributed by atoms with Gasteiger partial charge in [-0.05, 0) is 67.4 Å². The summed E-state index contributed by atoms with van der Waals surface area (Å²) in [6.45, 7) is 4.54. The van der Waals surface area contributed by atoms with Gasteiger partial charge in [0.15, 0.2) is 11.0 Å². The maximum absolute atomic E-state index is 12.5. The molecule has 0 saturated heterocycles. The second kappa shape index (κ2) is 11.6. The molecule has 4 rings (SSSR count). The zero-order valence-electron chi connectivity index (χ0n) is 20.1. The monoisotopic (exact) mass is 487 g/mol. The Morgan fingerprint density at radius 1 is 1.00 bits per heavy atom. The van der Waals surface area contributed by atoms with Gasteiger partial charge in [0.05, 0.1) is 13.7 Å². The first-order chi connectivity index (χ1) is 17.0. The standard InChI is InChI=1S/C27H29N5O2S/c1-19-8-7-9-21(16-19)28-18-25-30-31-27(32(25)22-10-5-4-6-11-22)35-15-14-26(33)29-24-13-12-23(34-3)17-20(24)2/h4-13,16-17,28H,14-15,18H2,1-3H3,(H,29,33). The van der Waals surface area contributed by atoms with Crippen molar-refractivity contribution in [1.82, 2.24) is 14.8 Å². The Morgan fingerprint density at radius 2 is 1.83 bits per heavy atom. The van der Waals surface area contributed by atoms with Crippen LogP contribution in [0.15, 0.2) is 78.0 Å². The van der Waals surface area contributed by atoms with E-state index in [2.05, 4.69) is 39.9 Å². The second-order valence-corrected chi connectivity index (χ2v) is 9.18. The van der Waals surface area contributed by atoms with Crippen molar-refractivity contribution >= 4 is 29.0 Å². The fraction of sp³-hybridized carbons (Fsp3) is 0.222. The van der Waals surface area contributed by atoms with Crippen LogP contribution in [0.3, 0.4) is 0 Å². The number of rotatable bonds is 10. The number of carbonyl (C=O) groups excluding carboxylic acids is 1. The van der Waals surface area contributed by atoms with Crippen LogP contribution in [0.25, 0.3) is 5.69 Å². The predicted molar refractivity (Wildman–Crippen MR) is 142 cm³/mol. The Labute approximate surface area is 209 Å². The van der Waals surface area contributed by atoms with E-state index in [1.54, 1.807) is 7.11 Å². The van der Waals surface area contributed by atoms with E-state index in [1.807, 2.05) is 72.2 Å². The van der Waals surface area contributed by atoms with E-state index in [0.29, 0.717) is 18.7 Å². The Hall–Kier alpha value is -3.78. The number of hydrogen-bond acceptors (Lipinski definition) is 6. The molecule has 1 amide bonds. The van der Waals surface area contributed by atoms with E-state index in [4.69, 9.17) is 4.74 Å². The Balaban J connectivity index is 1.42. The zero-order chi connectivity index (χ0) is 24.6. The number of aryl methyl sites for hydroxylation is 2. The summed E-state index contributed by atoms with van der Waals surface area (Å²) >= 11 is 1.52. The van der Waals surface area contributed by atoms with E-state index in [1.165, 1.54) is 17.3 Å². The first-order valence-electron chi connectivity index (χ1n) is 11.4. The van der Waals surface area contributed by atoms with Crippen molar-refractivity contribution < 1.29 is 9.53 Å². The molecule has 180 valence electrons. The number of nitrogens with zero attached hydrogens (tertiary/aromatic N) is 3. The van der Waals surface area contributed by atoms with Crippen molar-refractivity contribution in [2.45, 2.75) is 32.0 Å². The van der Waals surface area contributed by atoms with Crippen molar-refractivity contribution in [3.05, 3.63) is 89.7 Å². The van der Waals surface area contributed by atoms with Crippen LogP contribution in [0.1, 0.15) is 23.4 Å². The Morgan fingerprint density at radius 3 is 2.57 bits per heavy atom. The lowest BCUT2D eigenvalue weighted by Gasteiger charge is -2.12. The van der Waals surface area contributed by atoms with E-state index >= 15 is 0 Å². The molecule has 0 atom stereocenters. The van der Waals surface area contributed by atoms with Gasteiger partial charge in [0.2, 0.25) is 5.91 Å². The SMILES string of the molecule is COc1ccc(NC(=O)CCSc2nnc(CNc3cccc(C)c3)n2-c2ccccc2)c(C)c1. The summed E-state index contributed by atoms with van der Waals surface area (Å²) in [5.74, 6) is 2.11. The number of hydrogen-bond donors (Lipinski definition) is 2. The lowest BCUT2D eigenvalue weighted by molar-refractivity contribution is -0.115. The third-order valence-corrected chi connectivity index (χ3v) is 6.38. The number of nitrogens with one attached hydrogen (secondary N) is 2. The molecule has 3 aromatic carbocycles. The van der Waals surface area contributed by atoms with Crippen LogP contribution in [0.5, 0.6) is 5.75 Å². The smallest absolute Gasteiger partial charge is 0.225 e. The summed E-state index contributed by atoms with van der Waals surface area (Å²) in [7, 11) is 1.63. The Bertz CT molecular complexity index is 1290. The Kier molecular flexibility index (Phi) is 8.05. The molecule has 0 aliphatic rings. The number of carbonyl (C=O) groups is 1. The van der Waals surface area contributed by atoms with Gasteiger partial charge in [0.25, 0.3) is 0 Å². The number of methoxy groups -OCH3 is 1. The summed E-state index contributed by atoms with van der Waals surface area (Å²) in [5, 5.41) is 16.0. The molecule has 0 radical (unpaired) electrons. The van der Waals surface area contributed by atoms with Gasteiger partial charge in [-0.15, -0.1) is 10.2 Å². The lowest BCUT2D eigenvalue weighted by Crippen LogP contribution is -2.13. The molecule has 0 unspecified atom stereocenters. The van der Waals surface area contributed by atoms with Gasteiger partial charge in [-0.1, -0.05) is 42.1 Å². The van der Waals surface area contributed by atoms with Crippen LogP contribution in [0.4, 0.5) is 11.4 Å². The molecule has 0 spiro atoms. The van der Waals surface area contributed by atoms with Crippen molar-refractivity contribution in [3.63, 3.8) is 0 Å². The second-order valence-electron chi connectivity index (χ2n) is 8.12. The molecule has 0 saturated carbocycles. The van der Waals surface area contributed by atoms with Gasteiger partial charge < -0.3 is 15.4 Å². The van der Waals surface area contributed by atoms with Crippen LogP contribution in [0, 0.1) is 13.8 Å². The summed E-state index contributed by atoms with van der Waals surface area (Å²) in [6, 6.07) is 23.9. The van der Waals surface area contributed by atoms with Crippen LogP contribution in [-0.2, 0) is 11.3 Å². The highest BCUT2D eigenvalue weighted by atomic mass is 32.2. The van der Waals surface area contributed by atoms with Crippen LogP contribution >= 0.6 is 11.8 Å². The average Bonchev–Trinajstić information content (AvgIpc) is 3.27. The third kappa shape index (κ3) is 6.42. The fourth-order valence-electron chi connectivity index (χ4n) is 3.63.